The lowest BCUT2D eigenvalue weighted by Gasteiger charge is -2.19. The first-order valence-corrected chi connectivity index (χ1v) is 5.04. The average molecular weight is 196 g/mol. The summed E-state index contributed by atoms with van der Waals surface area (Å²) in [5, 5.41) is 0.311. The Morgan fingerprint density at radius 3 is 3.08 bits per heavy atom. The third-order valence-electron chi connectivity index (χ3n) is 2.04. The second-order valence-electron chi connectivity index (χ2n) is 3.20. The van der Waals surface area contributed by atoms with Crippen molar-refractivity contribution in [3.05, 3.63) is 29.6 Å². The molecule has 1 aromatic carbocycles. The van der Waals surface area contributed by atoms with E-state index < -0.39 is 0 Å². The molecule has 0 saturated carbocycles. The van der Waals surface area contributed by atoms with Crippen molar-refractivity contribution in [2.75, 3.05) is 0 Å². The van der Waals surface area contributed by atoms with Gasteiger partial charge in [-0.05, 0) is 18.2 Å². The van der Waals surface area contributed by atoms with Gasteiger partial charge >= 0.3 is 0 Å². The fourth-order valence-electron chi connectivity index (χ4n) is 1.45. The zero-order valence-electron chi connectivity index (χ0n) is 7.21. The van der Waals surface area contributed by atoms with E-state index in [1.807, 2.05) is 6.92 Å². The Kier molecular flexibility index (Phi) is 2.12. The van der Waals surface area contributed by atoms with Gasteiger partial charge in [0, 0.05) is 22.1 Å². The molecule has 0 aromatic heterocycles. The maximum absolute atomic E-state index is 12.8. The summed E-state index contributed by atoms with van der Waals surface area (Å²) in [6.07, 6.45) is 0.515. The minimum Gasteiger partial charge on any atom is -0.294 e. The molecule has 1 aliphatic rings. The predicted molar refractivity (Wildman–Crippen MR) is 50.7 cm³/mol. The maximum Gasteiger partial charge on any atom is 0.165 e. The third kappa shape index (κ3) is 1.61. The van der Waals surface area contributed by atoms with Crippen molar-refractivity contribution >= 4 is 17.5 Å². The lowest BCUT2D eigenvalue weighted by Crippen LogP contribution is -2.14. The molecule has 0 radical (unpaired) electrons. The van der Waals surface area contributed by atoms with Crippen LogP contribution in [-0.4, -0.2) is 11.0 Å². The third-order valence-corrected chi connectivity index (χ3v) is 3.22. The van der Waals surface area contributed by atoms with Crippen molar-refractivity contribution < 1.29 is 9.18 Å². The van der Waals surface area contributed by atoms with E-state index in [4.69, 9.17) is 0 Å². The van der Waals surface area contributed by atoms with Gasteiger partial charge in [0.15, 0.2) is 5.78 Å². The Labute approximate surface area is 80.3 Å². The smallest absolute Gasteiger partial charge is 0.165 e. The minimum absolute atomic E-state index is 0.0563. The Bertz CT molecular complexity index is 362. The van der Waals surface area contributed by atoms with E-state index in [1.165, 1.54) is 12.1 Å². The van der Waals surface area contributed by atoms with Gasteiger partial charge in [0.25, 0.3) is 0 Å². The number of halogens is 1. The molecule has 3 heteroatoms. The molecule has 1 nitrogen and oxygen atoms in total. The number of benzene rings is 1. The Morgan fingerprint density at radius 2 is 2.31 bits per heavy atom. The summed E-state index contributed by atoms with van der Waals surface area (Å²) in [6.45, 7) is 2.01. The number of rotatable bonds is 0. The summed E-state index contributed by atoms with van der Waals surface area (Å²) >= 11 is 1.64. The van der Waals surface area contributed by atoms with Crippen molar-refractivity contribution in [1.29, 1.82) is 0 Å². The van der Waals surface area contributed by atoms with Crippen molar-refractivity contribution in [2.24, 2.45) is 0 Å². The molecule has 1 aliphatic heterocycles. The summed E-state index contributed by atoms with van der Waals surface area (Å²) in [7, 11) is 0. The van der Waals surface area contributed by atoms with Crippen molar-refractivity contribution in [3.63, 3.8) is 0 Å². The molecule has 0 spiro atoms. The number of hydrogen-bond donors (Lipinski definition) is 0. The molecule has 0 fully saturated rings. The van der Waals surface area contributed by atoms with Crippen molar-refractivity contribution in [1.82, 2.24) is 0 Å². The SMILES string of the molecule is C[C@@H]1CC(=O)c2cc(F)ccc2S1. The number of carbonyl (C=O) groups is 1. The van der Waals surface area contributed by atoms with E-state index >= 15 is 0 Å². The predicted octanol–water partition coefficient (Wildman–Crippen LogP) is 2.89. The summed E-state index contributed by atoms with van der Waals surface area (Å²) in [5.74, 6) is -0.275. The van der Waals surface area contributed by atoms with Crippen LogP contribution in [0.3, 0.4) is 0 Å². The molecule has 0 saturated heterocycles. The fourth-order valence-corrected chi connectivity index (χ4v) is 2.57. The van der Waals surface area contributed by atoms with Crippen molar-refractivity contribution in [2.45, 2.75) is 23.5 Å². The Morgan fingerprint density at radius 1 is 1.54 bits per heavy atom. The first-order valence-electron chi connectivity index (χ1n) is 4.16. The maximum atomic E-state index is 12.8. The minimum atomic E-state index is -0.331. The molecule has 0 unspecified atom stereocenters. The topological polar surface area (TPSA) is 17.1 Å². The van der Waals surface area contributed by atoms with Crippen molar-refractivity contribution in [3.8, 4) is 0 Å². The Balaban J connectivity index is 2.49. The van der Waals surface area contributed by atoms with E-state index in [-0.39, 0.29) is 11.6 Å². The van der Waals surface area contributed by atoms with E-state index in [1.54, 1.807) is 17.8 Å². The van der Waals surface area contributed by atoms with Gasteiger partial charge < -0.3 is 0 Å². The fraction of sp³-hybridized carbons (Fsp3) is 0.300. The van der Waals surface area contributed by atoms with Crippen LogP contribution in [0.25, 0.3) is 0 Å². The Hall–Kier alpha value is -0.830. The molecule has 0 amide bonds. The molecule has 1 aromatic rings. The van der Waals surface area contributed by atoms with Crippen LogP contribution in [0.15, 0.2) is 23.1 Å². The number of fused-ring (bicyclic) bond motifs is 1. The van der Waals surface area contributed by atoms with Crippen LogP contribution < -0.4 is 0 Å². The number of ketones is 1. The molecule has 2 rings (SSSR count). The largest absolute Gasteiger partial charge is 0.294 e. The van der Waals surface area contributed by atoms with Gasteiger partial charge in [0.05, 0.1) is 0 Å². The van der Waals surface area contributed by atoms with E-state index in [9.17, 15) is 9.18 Å². The van der Waals surface area contributed by atoms with Crippen LogP contribution in [0.5, 0.6) is 0 Å². The lowest BCUT2D eigenvalue weighted by atomic mass is 10.1. The van der Waals surface area contributed by atoms with Crippen LogP contribution in [0, 0.1) is 5.82 Å². The molecule has 13 heavy (non-hydrogen) atoms. The zero-order chi connectivity index (χ0) is 9.42. The summed E-state index contributed by atoms with van der Waals surface area (Å²) in [5.41, 5.74) is 0.545. The van der Waals surface area contributed by atoms with Gasteiger partial charge in [-0.1, -0.05) is 6.92 Å². The molecular formula is C10H9FOS. The quantitative estimate of drug-likeness (QED) is 0.634. The average Bonchev–Trinajstić information content (AvgIpc) is 2.06. The molecular weight excluding hydrogens is 187 g/mol. The molecule has 0 aliphatic carbocycles. The number of Topliss-reactive ketones (excluding diaryl/α,β-unsaturated/α-hetero) is 1. The molecule has 0 N–H and O–H groups in total. The number of hydrogen-bond acceptors (Lipinski definition) is 2. The van der Waals surface area contributed by atoms with Gasteiger partial charge in [0.1, 0.15) is 5.82 Å². The highest BCUT2D eigenvalue weighted by molar-refractivity contribution is 8.00. The van der Waals surface area contributed by atoms with Gasteiger partial charge in [-0.15, -0.1) is 11.8 Å². The van der Waals surface area contributed by atoms with E-state index in [2.05, 4.69) is 0 Å². The van der Waals surface area contributed by atoms with Crippen LogP contribution >= 0.6 is 11.8 Å². The number of thioether (sulfide) groups is 1. The first-order chi connectivity index (χ1) is 6.16. The summed E-state index contributed by atoms with van der Waals surface area (Å²) in [4.78, 5) is 12.4. The summed E-state index contributed by atoms with van der Waals surface area (Å²) in [6, 6.07) is 4.41. The summed E-state index contributed by atoms with van der Waals surface area (Å²) < 4.78 is 12.8. The highest BCUT2D eigenvalue weighted by atomic mass is 32.2. The second kappa shape index (κ2) is 3.14. The van der Waals surface area contributed by atoms with Gasteiger partial charge in [-0.2, -0.15) is 0 Å². The van der Waals surface area contributed by atoms with E-state index in [0.717, 1.165) is 4.90 Å². The van der Waals surface area contributed by atoms with Gasteiger partial charge in [-0.3, -0.25) is 4.79 Å². The van der Waals surface area contributed by atoms with Gasteiger partial charge in [0.2, 0.25) is 0 Å². The highest BCUT2D eigenvalue weighted by Gasteiger charge is 2.22. The van der Waals surface area contributed by atoms with Crippen LogP contribution in [0.2, 0.25) is 0 Å². The van der Waals surface area contributed by atoms with Gasteiger partial charge in [-0.25, -0.2) is 4.39 Å². The highest BCUT2D eigenvalue weighted by Crippen LogP contribution is 2.34. The molecule has 1 heterocycles. The van der Waals surface area contributed by atoms with E-state index in [0.29, 0.717) is 17.2 Å². The van der Waals surface area contributed by atoms with Crippen LogP contribution in [0.1, 0.15) is 23.7 Å². The van der Waals surface area contributed by atoms with Crippen LogP contribution in [0.4, 0.5) is 4.39 Å². The lowest BCUT2D eigenvalue weighted by molar-refractivity contribution is 0.0977. The second-order valence-corrected chi connectivity index (χ2v) is 4.68. The molecule has 1 atom stereocenters. The number of carbonyl (C=O) groups excluding carboxylic acids is 1. The molecule has 0 bridgehead atoms. The normalized spacial score (nSPS) is 21.4. The zero-order valence-corrected chi connectivity index (χ0v) is 8.03. The first kappa shape index (κ1) is 8.75. The van der Waals surface area contributed by atoms with Crippen LogP contribution in [-0.2, 0) is 0 Å². The molecule has 68 valence electrons. The standard InChI is InChI=1S/C10H9FOS/c1-6-4-9(12)8-5-7(11)2-3-10(8)13-6/h2-3,5-6H,4H2,1H3/t6-/m1/s1. The monoisotopic (exact) mass is 196 g/mol.